The summed E-state index contributed by atoms with van der Waals surface area (Å²) in [5, 5.41) is 2.95. The maximum atomic E-state index is 12.3. The molecule has 146 valence electrons. The van der Waals surface area contributed by atoms with Gasteiger partial charge in [-0.15, -0.1) is 0 Å². The van der Waals surface area contributed by atoms with Gasteiger partial charge < -0.3 is 9.73 Å². The topological polar surface area (TPSA) is 45.5 Å². The molecule has 28 heavy (non-hydrogen) atoms. The van der Waals surface area contributed by atoms with Crippen molar-refractivity contribution in [3.63, 3.8) is 0 Å². The highest BCUT2D eigenvalue weighted by Gasteiger charge is 2.15. The number of hydrogen-bond acceptors (Lipinski definition) is 3. The number of nitrogens with one attached hydrogen (secondary N) is 1. The van der Waals surface area contributed by atoms with Gasteiger partial charge in [0.1, 0.15) is 5.76 Å². The molecule has 1 N–H and O–H groups in total. The van der Waals surface area contributed by atoms with Crippen molar-refractivity contribution in [1.29, 1.82) is 0 Å². The molecule has 0 saturated carbocycles. The molecule has 0 fully saturated rings. The standard InChI is InChI=1S/C24H28N2O2/c1-3-19(2)25-24(27)23-15-14-22(28-23)18-26(16-20-10-6-4-7-11-20)17-21-12-8-5-9-13-21/h4-15,19H,3,16-18H2,1-2H3,(H,25,27)/t19-/m0/s1. The van der Waals surface area contributed by atoms with E-state index in [-0.39, 0.29) is 11.9 Å². The first-order valence-electron chi connectivity index (χ1n) is 9.84. The number of carbonyl (C=O) groups is 1. The van der Waals surface area contributed by atoms with Gasteiger partial charge in [-0.1, -0.05) is 67.6 Å². The van der Waals surface area contributed by atoms with Crippen LogP contribution in [0.4, 0.5) is 0 Å². The number of furan rings is 1. The lowest BCUT2D eigenvalue weighted by molar-refractivity contribution is 0.0906. The van der Waals surface area contributed by atoms with Crippen LogP contribution in [0.15, 0.2) is 77.2 Å². The van der Waals surface area contributed by atoms with Gasteiger partial charge in [0.25, 0.3) is 5.91 Å². The van der Waals surface area contributed by atoms with Gasteiger partial charge in [-0.05, 0) is 36.6 Å². The van der Waals surface area contributed by atoms with Crippen molar-refractivity contribution >= 4 is 5.91 Å². The van der Waals surface area contributed by atoms with E-state index in [1.807, 2.05) is 32.0 Å². The molecule has 1 heterocycles. The normalized spacial score (nSPS) is 12.1. The third-order valence-electron chi connectivity index (χ3n) is 4.75. The fraction of sp³-hybridized carbons (Fsp3) is 0.292. The quantitative estimate of drug-likeness (QED) is 0.571. The first-order valence-corrected chi connectivity index (χ1v) is 9.84. The lowest BCUT2D eigenvalue weighted by Crippen LogP contribution is -2.31. The molecule has 3 rings (SSSR count). The van der Waals surface area contributed by atoms with Crippen LogP contribution in [-0.4, -0.2) is 16.8 Å². The Morgan fingerprint density at radius 1 is 0.893 bits per heavy atom. The fourth-order valence-corrected chi connectivity index (χ4v) is 3.05. The number of carbonyl (C=O) groups excluding carboxylic acids is 1. The first-order chi connectivity index (χ1) is 13.6. The lowest BCUT2D eigenvalue weighted by atomic mass is 10.1. The highest BCUT2D eigenvalue weighted by atomic mass is 16.4. The van der Waals surface area contributed by atoms with Crippen LogP contribution >= 0.6 is 0 Å². The molecule has 2 aromatic carbocycles. The predicted molar refractivity (Wildman–Crippen MR) is 112 cm³/mol. The molecule has 0 aliphatic carbocycles. The lowest BCUT2D eigenvalue weighted by Gasteiger charge is -2.21. The van der Waals surface area contributed by atoms with Gasteiger partial charge in [-0.2, -0.15) is 0 Å². The van der Waals surface area contributed by atoms with Crippen LogP contribution < -0.4 is 5.32 Å². The minimum absolute atomic E-state index is 0.133. The number of benzene rings is 2. The Labute approximate surface area is 167 Å². The SMILES string of the molecule is CC[C@H](C)NC(=O)c1ccc(CN(Cc2ccccc2)Cc2ccccc2)o1. The molecule has 4 nitrogen and oxygen atoms in total. The second-order valence-electron chi connectivity index (χ2n) is 7.17. The van der Waals surface area contributed by atoms with Crippen molar-refractivity contribution in [2.45, 2.75) is 45.9 Å². The summed E-state index contributed by atoms with van der Waals surface area (Å²) in [4.78, 5) is 14.6. The number of hydrogen-bond donors (Lipinski definition) is 1. The Bertz CT molecular complexity index is 817. The monoisotopic (exact) mass is 376 g/mol. The summed E-state index contributed by atoms with van der Waals surface area (Å²) in [7, 11) is 0. The molecule has 0 bridgehead atoms. The molecule has 1 atom stereocenters. The largest absolute Gasteiger partial charge is 0.455 e. The second-order valence-corrected chi connectivity index (χ2v) is 7.17. The second kappa shape index (κ2) is 9.90. The summed E-state index contributed by atoms with van der Waals surface area (Å²) in [5.41, 5.74) is 2.50. The van der Waals surface area contributed by atoms with Crippen molar-refractivity contribution in [2.75, 3.05) is 0 Å². The van der Waals surface area contributed by atoms with Crippen LogP contribution in [0.5, 0.6) is 0 Å². The molecular formula is C24H28N2O2. The Balaban J connectivity index is 1.71. The number of amides is 1. The average molecular weight is 377 g/mol. The molecule has 1 amide bonds. The van der Waals surface area contributed by atoms with Gasteiger partial charge in [0.05, 0.1) is 6.54 Å². The molecule has 0 unspecified atom stereocenters. The van der Waals surface area contributed by atoms with E-state index >= 15 is 0 Å². The third kappa shape index (κ3) is 5.83. The van der Waals surface area contributed by atoms with Gasteiger partial charge in [0, 0.05) is 19.1 Å². The third-order valence-corrected chi connectivity index (χ3v) is 4.75. The van der Waals surface area contributed by atoms with E-state index in [0.29, 0.717) is 12.3 Å². The van der Waals surface area contributed by atoms with E-state index in [1.54, 1.807) is 6.07 Å². The summed E-state index contributed by atoms with van der Waals surface area (Å²) in [6.45, 7) is 6.29. The van der Waals surface area contributed by atoms with Crippen LogP contribution in [0.25, 0.3) is 0 Å². The van der Waals surface area contributed by atoms with E-state index in [0.717, 1.165) is 25.3 Å². The summed E-state index contributed by atoms with van der Waals surface area (Å²) >= 11 is 0. The summed E-state index contributed by atoms with van der Waals surface area (Å²) < 4.78 is 5.84. The Morgan fingerprint density at radius 3 is 2.00 bits per heavy atom. The number of rotatable bonds is 9. The molecular weight excluding hydrogens is 348 g/mol. The van der Waals surface area contributed by atoms with Crippen molar-refractivity contribution in [2.24, 2.45) is 0 Å². The predicted octanol–water partition coefficient (Wildman–Crippen LogP) is 5.01. The minimum atomic E-state index is -0.154. The minimum Gasteiger partial charge on any atom is -0.455 e. The van der Waals surface area contributed by atoms with Crippen molar-refractivity contribution in [3.05, 3.63) is 95.4 Å². The zero-order chi connectivity index (χ0) is 19.8. The molecule has 0 saturated heterocycles. The summed E-state index contributed by atoms with van der Waals surface area (Å²) in [5.74, 6) is 1.01. The van der Waals surface area contributed by atoms with Crippen molar-refractivity contribution < 1.29 is 9.21 Å². The summed E-state index contributed by atoms with van der Waals surface area (Å²) in [6.07, 6.45) is 0.890. The molecule has 0 aliphatic rings. The highest BCUT2D eigenvalue weighted by Crippen LogP contribution is 2.16. The van der Waals surface area contributed by atoms with Gasteiger partial charge in [-0.3, -0.25) is 9.69 Å². The van der Waals surface area contributed by atoms with Gasteiger partial charge in [0.2, 0.25) is 0 Å². The van der Waals surface area contributed by atoms with Crippen LogP contribution in [0.1, 0.15) is 47.7 Å². The smallest absolute Gasteiger partial charge is 0.287 e. The molecule has 0 radical (unpaired) electrons. The van der Waals surface area contributed by atoms with E-state index in [2.05, 4.69) is 58.7 Å². The van der Waals surface area contributed by atoms with E-state index in [1.165, 1.54) is 11.1 Å². The number of nitrogens with zero attached hydrogens (tertiary/aromatic N) is 1. The van der Waals surface area contributed by atoms with E-state index in [9.17, 15) is 4.79 Å². The fourth-order valence-electron chi connectivity index (χ4n) is 3.05. The maximum absolute atomic E-state index is 12.3. The molecule has 0 spiro atoms. The maximum Gasteiger partial charge on any atom is 0.287 e. The first kappa shape index (κ1) is 19.9. The van der Waals surface area contributed by atoms with E-state index < -0.39 is 0 Å². The van der Waals surface area contributed by atoms with Crippen molar-refractivity contribution in [3.8, 4) is 0 Å². The van der Waals surface area contributed by atoms with Crippen LogP contribution in [0.3, 0.4) is 0 Å². The summed E-state index contributed by atoms with van der Waals surface area (Å²) in [6, 6.07) is 24.6. The zero-order valence-corrected chi connectivity index (χ0v) is 16.6. The molecule has 0 aliphatic heterocycles. The Hall–Kier alpha value is -2.85. The van der Waals surface area contributed by atoms with Crippen molar-refractivity contribution in [1.82, 2.24) is 10.2 Å². The van der Waals surface area contributed by atoms with Gasteiger partial charge in [-0.25, -0.2) is 0 Å². The Morgan fingerprint density at radius 2 is 1.46 bits per heavy atom. The van der Waals surface area contributed by atoms with Crippen LogP contribution in [-0.2, 0) is 19.6 Å². The zero-order valence-electron chi connectivity index (χ0n) is 16.6. The average Bonchev–Trinajstić information content (AvgIpc) is 3.18. The van der Waals surface area contributed by atoms with Crippen LogP contribution in [0.2, 0.25) is 0 Å². The highest BCUT2D eigenvalue weighted by molar-refractivity contribution is 5.91. The molecule has 4 heteroatoms. The Kier molecular flexibility index (Phi) is 7.04. The van der Waals surface area contributed by atoms with Crippen LogP contribution in [0, 0.1) is 0 Å². The molecule has 1 aromatic heterocycles. The van der Waals surface area contributed by atoms with Gasteiger partial charge in [0.15, 0.2) is 5.76 Å². The van der Waals surface area contributed by atoms with Gasteiger partial charge >= 0.3 is 0 Å². The van der Waals surface area contributed by atoms with E-state index in [4.69, 9.17) is 4.42 Å². The molecule has 3 aromatic rings.